The average Bonchev–Trinajstić information content (AvgIpc) is 2.95. The van der Waals surface area contributed by atoms with Crippen molar-refractivity contribution in [1.82, 2.24) is 9.78 Å². The Morgan fingerprint density at radius 3 is 2.76 bits per heavy atom. The van der Waals surface area contributed by atoms with E-state index in [4.69, 9.17) is 16.9 Å². The molecule has 2 aromatic carbocycles. The zero-order valence-corrected chi connectivity index (χ0v) is 13.9. The van der Waals surface area contributed by atoms with Crippen molar-refractivity contribution < 1.29 is 9.18 Å². The molecule has 3 rings (SSSR count). The summed E-state index contributed by atoms with van der Waals surface area (Å²) in [5.41, 5.74) is 1.89. The molecule has 1 amide bonds. The predicted molar refractivity (Wildman–Crippen MR) is 92.4 cm³/mol. The summed E-state index contributed by atoms with van der Waals surface area (Å²) in [6.45, 7) is 1.80. The molecular formula is C18H12ClFN4O. The minimum atomic E-state index is -0.407. The summed E-state index contributed by atoms with van der Waals surface area (Å²) in [5.74, 6) is -0.451. The molecule has 1 N–H and O–H groups in total. The first-order chi connectivity index (χ1) is 12.0. The minimum Gasteiger partial charge on any atom is -0.305 e. The summed E-state index contributed by atoms with van der Waals surface area (Å²) >= 11 is 5.94. The summed E-state index contributed by atoms with van der Waals surface area (Å²) in [6, 6.07) is 14.0. The fraction of sp³-hybridized carbons (Fsp3) is 0.0556. The number of aryl methyl sites for hydroxylation is 1. The van der Waals surface area contributed by atoms with Gasteiger partial charge in [-0.25, -0.2) is 9.07 Å². The van der Waals surface area contributed by atoms with E-state index in [0.29, 0.717) is 22.6 Å². The topological polar surface area (TPSA) is 70.7 Å². The van der Waals surface area contributed by atoms with E-state index in [0.717, 1.165) is 5.69 Å². The molecule has 0 saturated heterocycles. The molecule has 0 saturated carbocycles. The van der Waals surface area contributed by atoms with Gasteiger partial charge in [-0.2, -0.15) is 5.26 Å². The van der Waals surface area contributed by atoms with Crippen LogP contribution in [0.3, 0.4) is 0 Å². The van der Waals surface area contributed by atoms with E-state index in [1.54, 1.807) is 25.1 Å². The molecule has 1 heterocycles. The molecule has 3 aromatic rings. The van der Waals surface area contributed by atoms with Crippen molar-refractivity contribution in [2.75, 3.05) is 5.32 Å². The number of benzene rings is 2. The number of nitrogens with zero attached hydrogens (tertiary/aromatic N) is 3. The third-order valence-corrected chi connectivity index (χ3v) is 3.85. The Hall–Kier alpha value is -3.17. The third-order valence-electron chi connectivity index (χ3n) is 3.53. The summed E-state index contributed by atoms with van der Waals surface area (Å²) < 4.78 is 14.9. The third kappa shape index (κ3) is 3.52. The maximum atomic E-state index is 13.4. The van der Waals surface area contributed by atoms with Crippen LogP contribution >= 0.6 is 11.6 Å². The van der Waals surface area contributed by atoms with Crippen LogP contribution in [0.5, 0.6) is 0 Å². The highest BCUT2D eigenvalue weighted by atomic mass is 35.5. The molecule has 0 atom stereocenters. The van der Waals surface area contributed by atoms with Gasteiger partial charge in [-0.3, -0.25) is 4.79 Å². The highest BCUT2D eigenvalue weighted by Gasteiger charge is 2.13. The van der Waals surface area contributed by atoms with Gasteiger partial charge in [0.15, 0.2) is 5.82 Å². The SMILES string of the molecule is Cc1cc(NC(=O)c2ccc(C#N)c(Cl)c2)nn1-c1cccc(F)c1. The van der Waals surface area contributed by atoms with Crippen LogP contribution in [0.2, 0.25) is 5.02 Å². The van der Waals surface area contributed by atoms with Gasteiger partial charge in [-0.05, 0) is 43.3 Å². The second-order valence-electron chi connectivity index (χ2n) is 5.32. The molecular weight excluding hydrogens is 343 g/mol. The molecule has 0 aliphatic heterocycles. The number of nitriles is 1. The van der Waals surface area contributed by atoms with Crippen LogP contribution in [0.15, 0.2) is 48.5 Å². The molecule has 5 nitrogen and oxygen atoms in total. The first-order valence-electron chi connectivity index (χ1n) is 7.31. The fourth-order valence-electron chi connectivity index (χ4n) is 2.34. The summed E-state index contributed by atoms with van der Waals surface area (Å²) in [4.78, 5) is 12.3. The number of amides is 1. The second-order valence-corrected chi connectivity index (χ2v) is 5.73. The smallest absolute Gasteiger partial charge is 0.256 e. The van der Waals surface area contributed by atoms with E-state index in [-0.39, 0.29) is 10.8 Å². The van der Waals surface area contributed by atoms with Crippen molar-refractivity contribution in [2.24, 2.45) is 0 Å². The van der Waals surface area contributed by atoms with Crippen molar-refractivity contribution in [2.45, 2.75) is 6.92 Å². The lowest BCUT2D eigenvalue weighted by atomic mass is 10.1. The fourth-order valence-corrected chi connectivity index (χ4v) is 2.56. The van der Waals surface area contributed by atoms with Crippen LogP contribution in [0.4, 0.5) is 10.2 Å². The quantitative estimate of drug-likeness (QED) is 0.769. The predicted octanol–water partition coefficient (Wildman–Crippen LogP) is 4.10. The summed E-state index contributed by atoms with van der Waals surface area (Å²) in [5, 5.41) is 16.0. The van der Waals surface area contributed by atoms with E-state index in [2.05, 4.69) is 10.4 Å². The number of aromatic nitrogens is 2. The first-order valence-corrected chi connectivity index (χ1v) is 7.69. The lowest BCUT2D eigenvalue weighted by Gasteiger charge is -2.05. The van der Waals surface area contributed by atoms with Crippen molar-refractivity contribution in [1.29, 1.82) is 5.26 Å². The van der Waals surface area contributed by atoms with Gasteiger partial charge in [-0.1, -0.05) is 17.7 Å². The molecule has 124 valence electrons. The Balaban J connectivity index is 1.84. The number of nitrogens with one attached hydrogen (secondary N) is 1. The normalized spacial score (nSPS) is 10.3. The van der Waals surface area contributed by atoms with Crippen molar-refractivity contribution in [3.05, 3.63) is 76.2 Å². The van der Waals surface area contributed by atoms with Gasteiger partial charge in [0.05, 0.1) is 16.3 Å². The highest BCUT2D eigenvalue weighted by Crippen LogP contribution is 2.19. The second kappa shape index (κ2) is 6.75. The number of carbonyl (C=O) groups excluding carboxylic acids is 1. The Bertz CT molecular complexity index is 1010. The van der Waals surface area contributed by atoms with Crippen molar-refractivity contribution >= 4 is 23.3 Å². The lowest BCUT2D eigenvalue weighted by molar-refractivity contribution is 0.102. The number of hydrogen-bond acceptors (Lipinski definition) is 3. The Morgan fingerprint density at radius 1 is 1.28 bits per heavy atom. The van der Waals surface area contributed by atoms with Gasteiger partial charge in [-0.15, -0.1) is 5.10 Å². The first kappa shape index (κ1) is 16.7. The summed E-state index contributed by atoms with van der Waals surface area (Å²) in [7, 11) is 0. The van der Waals surface area contributed by atoms with Crippen LogP contribution in [0.1, 0.15) is 21.6 Å². The minimum absolute atomic E-state index is 0.205. The zero-order valence-electron chi connectivity index (χ0n) is 13.1. The monoisotopic (exact) mass is 354 g/mol. The Morgan fingerprint density at radius 2 is 2.08 bits per heavy atom. The Kier molecular flexibility index (Phi) is 4.50. The van der Waals surface area contributed by atoms with Crippen LogP contribution < -0.4 is 5.32 Å². The molecule has 25 heavy (non-hydrogen) atoms. The van der Waals surface area contributed by atoms with Gasteiger partial charge in [0.1, 0.15) is 11.9 Å². The van der Waals surface area contributed by atoms with Gasteiger partial charge >= 0.3 is 0 Å². The van der Waals surface area contributed by atoms with Crippen LogP contribution in [-0.2, 0) is 0 Å². The maximum Gasteiger partial charge on any atom is 0.256 e. The van der Waals surface area contributed by atoms with Crippen LogP contribution in [0, 0.1) is 24.1 Å². The molecule has 0 unspecified atom stereocenters. The summed E-state index contributed by atoms with van der Waals surface area (Å²) in [6.07, 6.45) is 0. The van der Waals surface area contributed by atoms with Gasteiger partial charge in [0.2, 0.25) is 0 Å². The van der Waals surface area contributed by atoms with Gasteiger partial charge in [0.25, 0.3) is 5.91 Å². The number of halogens is 2. The largest absolute Gasteiger partial charge is 0.305 e. The molecule has 1 aromatic heterocycles. The molecule has 0 aliphatic carbocycles. The number of anilines is 1. The molecule has 0 bridgehead atoms. The Labute approximate surface area is 148 Å². The van der Waals surface area contributed by atoms with E-state index in [1.165, 1.54) is 35.0 Å². The van der Waals surface area contributed by atoms with Gasteiger partial charge in [0, 0.05) is 17.3 Å². The average molecular weight is 355 g/mol. The number of carbonyl (C=O) groups is 1. The van der Waals surface area contributed by atoms with E-state index >= 15 is 0 Å². The molecule has 0 spiro atoms. The molecule has 0 radical (unpaired) electrons. The molecule has 0 fully saturated rings. The van der Waals surface area contributed by atoms with Crippen LogP contribution in [-0.4, -0.2) is 15.7 Å². The van der Waals surface area contributed by atoms with Crippen molar-refractivity contribution in [3.8, 4) is 11.8 Å². The number of hydrogen-bond donors (Lipinski definition) is 1. The van der Waals surface area contributed by atoms with Gasteiger partial charge < -0.3 is 5.32 Å². The highest BCUT2D eigenvalue weighted by molar-refractivity contribution is 6.32. The van der Waals surface area contributed by atoms with E-state index < -0.39 is 5.91 Å². The number of rotatable bonds is 3. The standard InChI is InChI=1S/C18H12ClFN4O/c1-11-7-17(23-24(11)15-4-2-3-14(20)9-15)22-18(25)12-5-6-13(10-21)16(19)8-12/h2-9H,1H3,(H,22,23,25). The molecule has 7 heteroatoms. The van der Waals surface area contributed by atoms with E-state index in [1.807, 2.05) is 6.07 Å². The van der Waals surface area contributed by atoms with Crippen LogP contribution in [0.25, 0.3) is 5.69 Å². The lowest BCUT2D eigenvalue weighted by Crippen LogP contribution is -2.12. The molecule has 0 aliphatic rings. The zero-order chi connectivity index (χ0) is 18.0. The van der Waals surface area contributed by atoms with Crippen molar-refractivity contribution in [3.63, 3.8) is 0 Å². The maximum absolute atomic E-state index is 13.4. The van der Waals surface area contributed by atoms with E-state index in [9.17, 15) is 9.18 Å².